The summed E-state index contributed by atoms with van der Waals surface area (Å²) in [6.07, 6.45) is 1.38. The van der Waals surface area contributed by atoms with Gasteiger partial charge in [0, 0.05) is 33.0 Å². The average Bonchev–Trinajstić information content (AvgIpc) is 2.79. The van der Waals surface area contributed by atoms with Crippen LogP contribution in [0, 0.1) is 25.5 Å². The van der Waals surface area contributed by atoms with Gasteiger partial charge in [0.05, 0.1) is 17.6 Å². The fourth-order valence-corrected chi connectivity index (χ4v) is 4.65. The number of rotatable bonds is 6. The number of hydrogen-bond donors (Lipinski definition) is 1. The number of fused-ring (bicyclic) bond motifs is 1. The molecule has 0 fully saturated rings. The minimum atomic E-state index is -3.30. The molecule has 4 rings (SSSR count). The number of nitrogens with one attached hydrogen (secondary N) is 1. The molecule has 3 nitrogen and oxygen atoms in total. The van der Waals surface area contributed by atoms with Gasteiger partial charge in [-0.15, -0.1) is 0 Å². The normalized spacial score (nSPS) is 11.6. The van der Waals surface area contributed by atoms with E-state index in [1.807, 2.05) is 6.92 Å². The zero-order chi connectivity index (χ0) is 24.5. The minimum Gasteiger partial charge on any atom is -0.346 e. The molecule has 1 heterocycles. The van der Waals surface area contributed by atoms with E-state index in [1.165, 1.54) is 18.3 Å². The maximum Gasteiger partial charge on any atom is 0.290 e. The summed E-state index contributed by atoms with van der Waals surface area (Å²) in [5.41, 5.74) is 1.70. The molecule has 0 saturated carbocycles. The molecule has 0 aliphatic carbocycles. The van der Waals surface area contributed by atoms with Crippen molar-refractivity contribution in [2.75, 3.05) is 6.54 Å². The first-order chi connectivity index (χ1) is 16.2. The van der Waals surface area contributed by atoms with E-state index in [0.717, 1.165) is 29.5 Å². The van der Waals surface area contributed by atoms with Crippen LogP contribution in [-0.4, -0.2) is 17.4 Å². The smallest absolute Gasteiger partial charge is 0.290 e. The van der Waals surface area contributed by atoms with E-state index in [0.29, 0.717) is 16.5 Å². The SMILES string of the molecule is Cc1ccc(C(F)(F)CNC(=O)c2c(Sc3ccc(F)cc3F)cnc3ccccc23)c(C)c1. The molecule has 4 aromatic rings. The second-order valence-electron chi connectivity index (χ2n) is 7.90. The maximum atomic E-state index is 15.0. The molecule has 8 heteroatoms. The van der Waals surface area contributed by atoms with Crippen LogP contribution in [0.4, 0.5) is 17.6 Å². The fraction of sp³-hybridized carbons (Fsp3) is 0.154. The van der Waals surface area contributed by atoms with Crippen molar-refractivity contribution in [3.8, 4) is 0 Å². The monoisotopic (exact) mass is 484 g/mol. The van der Waals surface area contributed by atoms with Gasteiger partial charge < -0.3 is 5.32 Å². The van der Waals surface area contributed by atoms with Gasteiger partial charge in [-0.2, -0.15) is 8.78 Å². The number of para-hydroxylation sites is 1. The van der Waals surface area contributed by atoms with Gasteiger partial charge in [-0.3, -0.25) is 9.78 Å². The summed E-state index contributed by atoms with van der Waals surface area (Å²) in [6.45, 7) is 2.50. The summed E-state index contributed by atoms with van der Waals surface area (Å²) in [6, 6.07) is 14.5. The molecule has 1 amide bonds. The Balaban J connectivity index is 1.67. The molecule has 174 valence electrons. The van der Waals surface area contributed by atoms with E-state index < -0.39 is 30.0 Å². The van der Waals surface area contributed by atoms with E-state index in [2.05, 4.69) is 10.3 Å². The van der Waals surface area contributed by atoms with Gasteiger partial charge in [-0.05, 0) is 37.6 Å². The third kappa shape index (κ3) is 4.92. The van der Waals surface area contributed by atoms with Gasteiger partial charge in [0.15, 0.2) is 0 Å². The number of alkyl halides is 2. The number of amides is 1. The lowest BCUT2D eigenvalue weighted by Gasteiger charge is -2.20. The number of carbonyl (C=O) groups excluding carboxylic acids is 1. The average molecular weight is 485 g/mol. The Hall–Kier alpha value is -3.39. The standard InChI is InChI=1S/C26H20F4N2OS/c1-15-7-9-19(16(2)11-15)26(29,30)14-32-25(33)24-18-5-3-4-6-21(18)31-13-23(24)34-22-10-8-17(27)12-20(22)28/h3-13H,14H2,1-2H3,(H,32,33). The van der Waals surface area contributed by atoms with E-state index in [4.69, 9.17) is 0 Å². The lowest BCUT2D eigenvalue weighted by atomic mass is 10.00. The maximum absolute atomic E-state index is 15.0. The predicted octanol–water partition coefficient (Wildman–Crippen LogP) is 6.80. The van der Waals surface area contributed by atoms with Crippen LogP contribution in [0.25, 0.3) is 10.9 Å². The van der Waals surface area contributed by atoms with Crippen molar-refractivity contribution in [2.45, 2.75) is 29.6 Å². The van der Waals surface area contributed by atoms with Crippen molar-refractivity contribution in [3.63, 3.8) is 0 Å². The fourth-order valence-electron chi connectivity index (χ4n) is 3.71. The Labute approximate surface area is 198 Å². The molecule has 0 radical (unpaired) electrons. The van der Waals surface area contributed by atoms with Crippen molar-refractivity contribution in [2.24, 2.45) is 0 Å². The van der Waals surface area contributed by atoms with Crippen molar-refractivity contribution in [1.29, 1.82) is 0 Å². The molecule has 34 heavy (non-hydrogen) atoms. The van der Waals surface area contributed by atoms with Crippen LogP contribution in [0.1, 0.15) is 27.0 Å². The van der Waals surface area contributed by atoms with Gasteiger partial charge in [0.1, 0.15) is 11.6 Å². The molecule has 0 aliphatic heterocycles. The lowest BCUT2D eigenvalue weighted by molar-refractivity contribution is -0.00308. The van der Waals surface area contributed by atoms with E-state index in [9.17, 15) is 22.4 Å². The molecule has 0 atom stereocenters. The zero-order valence-electron chi connectivity index (χ0n) is 18.3. The van der Waals surface area contributed by atoms with E-state index >= 15 is 0 Å². The minimum absolute atomic E-state index is 0.0770. The van der Waals surface area contributed by atoms with Crippen LogP contribution in [0.15, 0.2) is 76.7 Å². The Kier molecular flexibility index (Phi) is 6.61. The molecular weight excluding hydrogens is 464 g/mol. The highest BCUT2D eigenvalue weighted by Gasteiger charge is 2.34. The summed E-state index contributed by atoms with van der Waals surface area (Å²) in [5.74, 6) is -5.57. The van der Waals surface area contributed by atoms with Gasteiger partial charge in [-0.1, -0.05) is 53.7 Å². The summed E-state index contributed by atoms with van der Waals surface area (Å²) in [4.78, 5) is 17.8. The highest BCUT2D eigenvalue weighted by atomic mass is 32.2. The van der Waals surface area contributed by atoms with Crippen LogP contribution in [0.3, 0.4) is 0 Å². The molecule has 1 N–H and O–H groups in total. The van der Waals surface area contributed by atoms with Crippen LogP contribution in [0.2, 0.25) is 0 Å². The topological polar surface area (TPSA) is 42.0 Å². The van der Waals surface area contributed by atoms with Crippen molar-refractivity contribution >= 4 is 28.6 Å². The summed E-state index contributed by atoms with van der Waals surface area (Å²) in [5, 5.41) is 2.77. The second kappa shape index (κ2) is 9.46. The lowest BCUT2D eigenvalue weighted by Crippen LogP contribution is -2.35. The summed E-state index contributed by atoms with van der Waals surface area (Å²) >= 11 is 0.874. The number of hydrogen-bond acceptors (Lipinski definition) is 3. The van der Waals surface area contributed by atoms with E-state index in [1.54, 1.807) is 43.3 Å². The van der Waals surface area contributed by atoms with E-state index in [-0.39, 0.29) is 20.9 Å². The highest BCUT2D eigenvalue weighted by Crippen LogP contribution is 2.36. The number of benzene rings is 3. The first kappa shape index (κ1) is 23.8. The van der Waals surface area contributed by atoms with Crippen molar-refractivity contribution < 1.29 is 22.4 Å². The molecule has 1 aromatic heterocycles. The number of nitrogens with zero attached hydrogens (tertiary/aromatic N) is 1. The Morgan fingerprint density at radius 2 is 1.76 bits per heavy atom. The number of aromatic nitrogens is 1. The largest absolute Gasteiger partial charge is 0.346 e. The molecule has 3 aromatic carbocycles. The number of halogens is 4. The molecular formula is C26H20F4N2OS. The number of carbonyl (C=O) groups is 1. The van der Waals surface area contributed by atoms with Gasteiger partial charge in [0.25, 0.3) is 11.8 Å². The Morgan fingerprint density at radius 1 is 1.00 bits per heavy atom. The Bertz CT molecular complexity index is 1390. The molecule has 0 bridgehead atoms. The number of aryl methyl sites for hydroxylation is 2. The molecule has 0 unspecified atom stereocenters. The number of pyridine rings is 1. The predicted molar refractivity (Wildman–Crippen MR) is 124 cm³/mol. The second-order valence-corrected chi connectivity index (χ2v) is 8.98. The molecule has 0 spiro atoms. The van der Waals surface area contributed by atoms with Crippen LogP contribution >= 0.6 is 11.8 Å². The third-order valence-corrected chi connectivity index (χ3v) is 6.41. The van der Waals surface area contributed by atoms with Crippen LogP contribution in [0.5, 0.6) is 0 Å². The highest BCUT2D eigenvalue weighted by molar-refractivity contribution is 7.99. The van der Waals surface area contributed by atoms with Gasteiger partial charge in [-0.25, -0.2) is 8.78 Å². The van der Waals surface area contributed by atoms with Gasteiger partial charge in [0.2, 0.25) is 0 Å². The third-order valence-electron chi connectivity index (χ3n) is 5.33. The Morgan fingerprint density at radius 3 is 2.50 bits per heavy atom. The van der Waals surface area contributed by atoms with Crippen molar-refractivity contribution in [3.05, 3.63) is 101 Å². The zero-order valence-corrected chi connectivity index (χ0v) is 19.2. The summed E-state index contributed by atoms with van der Waals surface area (Å²) < 4.78 is 57.5. The first-order valence-electron chi connectivity index (χ1n) is 10.4. The van der Waals surface area contributed by atoms with Gasteiger partial charge >= 0.3 is 0 Å². The van der Waals surface area contributed by atoms with Crippen LogP contribution < -0.4 is 5.32 Å². The summed E-state index contributed by atoms with van der Waals surface area (Å²) in [7, 11) is 0. The molecule has 0 aliphatic rings. The quantitative estimate of drug-likeness (QED) is 0.306. The first-order valence-corrected chi connectivity index (χ1v) is 11.2. The van der Waals surface area contributed by atoms with Crippen LogP contribution in [-0.2, 0) is 5.92 Å². The van der Waals surface area contributed by atoms with Crippen molar-refractivity contribution in [1.82, 2.24) is 10.3 Å². The molecule has 0 saturated heterocycles.